The Balaban J connectivity index is 1.12. The van der Waals surface area contributed by atoms with Gasteiger partial charge in [-0.3, -0.25) is 28.8 Å². The van der Waals surface area contributed by atoms with Crippen LogP contribution in [-0.2, 0) is 45.1 Å². The summed E-state index contributed by atoms with van der Waals surface area (Å²) < 4.78 is 67.5. The van der Waals surface area contributed by atoms with Gasteiger partial charge in [-0.15, -0.1) is 6.58 Å². The first kappa shape index (κ1) is 46.4. The lowest BCUT2D eigenvalue weighted by molar-refractivity contribution is -0.154. The van der Waals surface area contributed by atoms with Gasteiger partial charge in [0.05, 0.1) is 66.0 Å². The molecule has 2 amide bonds. The molecule has 3 saturated carbocycles. The molecule has 14 nitrogen and oxygen atoms in total. The van der Waals surface area contributed by atoms with Crippen LogP contribution in [0.3, 0.4) is 0 Å². The van der Waals surface area contributed by atoms with Crippen LogP contribution in [0.4, 0.5) is 4.39 Å². The number of amides is 2. The third kappa shape index (κ3) is 9.98. The summed E-state index contributed by atoms with van der Waals surface area (Å²) in [5.41, 5.74) is -0.980. The Bertz CT molecular complexity index is 2260. The van der Waals surface area contributed by atoms with Gasteiger partial charge in [-0.05, 0) is 87.7 Å². The van der Waals surface area contributed by atoms with E-state index in [1.807, 2.05) is 20.8 Å². The van der Waals surface area contributed by atoms with Crippen LogP contribution in [0.15, 0.2) is 30.9 Å². The number of ether oxygens (including phenoxy) is 4. The van der Waals surface area contributed by atoms with Crippen molar-refractivity contribution in [1.29, 1.82) is 0 Å². The molecule has 1 N–H and O–H groups in total. The highest BCUT2D eigenvalue weighted by Crippen LogP contribution is 2.57. The third-order valence-corrected chi connectivity index (χ3v) is 16.8. The zero-order valence-corrected chi connectivity index (χ0v) is 38.6. The summed E-state index contributed by atoms with van der Waals surface area (Å²) in [6, 6.07) is 3.36. The Hall–Kier alpha value is -4.15. The van der Waals surface area contributed by atoms with Crippen LogP contribution in [0.5, 0.6) is 11.6 Å². The van der Waals surface area contributed by atoms with Crippen molar-refractivity contribution in [3.05, 3.63) is 42.2 Å². The summed E-state index contributed by atoms with van der Waals surface area (Å²) in [5.74, 6) is -2.75. The van der Waals surface area contributed by atoms with Gasteiger partial charge in [0.1, 0.15) is 23.8 Å². The molecule has 2 saturated heterocycles. The summed E-state index contributed by atoms with van der Waals surface area (Å²) in [5, 5.41) is 0.659. The van der Waals surface area contributed by atoms with Gasteiger partial charge in [-0.1, -0.05) is 39.7 Å². The van der Waals surface area contributed by atoms with E-state index in [2.05, 4.69) is 16.2 Å². The molecule has 0 spiro atoms. The van der Waals surface area contributed by atoms with Gasteiger partial charge in [0.2, 0.25) is 27.7 Å². The first-order valence-corrected chi connectivity index (χ1v) is 24.8. The maximum absolute atomic E-state index is 15.0. The molecule has 6 aliphatic rings. The van der Waals surface area contributed by atoms with E-state index in [9.17, 15) is 32.0 Å². The standard InChI is InChI=1S/C48H65FN4O10S/c1-6-31-27-48(31,45(57)51-64(58,59)47(5)15-16-47)28-39(54)38-25-33-29-53(38)44(56)36(46(2,3)4)26-41(55)63-40-23-30(40)11-8-7-9-12-35-42(61-20-10-17-52-18-21-60-22-19-52)34-14-13-32(49)24-37(34)50-43(35)62-33/h6,13-14,24,30-31,33,36,38,40H,1,7-12,15-23,25-29H2,2-5H3,(H,51,57)/t30-,31-,33-,36-,38+,40-,48-/m1/s1. The maximum Gasteiger partial charge on any atom is 0.306 e. The Labute approximate surface area is 376 Å². The number of Topliss-reactive ketones (excluding diaryl/α,β-unsaturated/α-hetero) is 1. The van der Waals surface area contributed by atoms with Crippen molar-refractivity contribution in [3.63, 3.8) is 0 Å². The van der Waals surface area contributed by atoms with Crippen molar-refractivity contribution < 1.29 is 50.9 Å². The molecular formula is C48H65FN4O10S. The zero-order valence-electron chi connectivity index (χ0n) is 37.8. The largest absolute Gasteiger partial charge is 0.492 e. The molecule has 1 aromatic heterocycles. The first-order chi connectivity index (χ1) is 30.4. The van der Waals surface area contributed by atoms with Crippen molar-refractivity contribution in [3.8, 4) is 11.6 Å². The minimum absolute atomic E-state index is 0.0313. The van der Waals surface area contributed by atoms with Gasteiger partial charge < -0.3 is 23.8 Å². The van der Waals surface area contributed by atoms with Gasteiger partial charge >= 0.3 is 5.97 Å². The molecule has 4 heterocycles. The number of carbonyl (C=O) groups is 4. The predicted molar refractivity (Wildman–Crippen MR) is 236 cm³/mol. The monoisotopic (exact) mass is 908 g/mol. The number of aromatic nitrogens is 1. The summed E-state index contributed by atoms with van der Waals surface area (Å²) >= 11 is 0. The Morgan fingerprint density at radius 3 is 2.56 bits per heavy atom. The van der Waals surface area contributed by atoms with E-state index in [4.69, 9.17) is 23.9 Å². The second kappa shape index (κ2) is 18.3. The minimum atomic E-state index is -3.99. The molecule has 5 fully saturated rings. The third-order valence-electron chi connectivity index (χ3n) is 14.7. The fourth-order valence-electron chi connectivity index (χ4n) is 9.89. The number of allylic oxidation sites excluding steroid dienone is 1. The number of benzene rings is 1. The molecule has 64 heavy (non-hydrogen) atoms. The lowest BCUT2D eigenvalue weighted by Crippen LogP contribution is -2.49. The quantitative estimate of drug-likeness (QED) is 0.148. The highest BCUT2D eigenvalue weighted by Gasteiger charge is 2.62. The van der Waals surface area contributed by atoms with Crippen LogP contribution >= 0.6 is 0 Å². The number of rotatable bonds is 12. The number of halogens is 1. The van der Waals surface area contributed by atoms with Crippen LogP contribution in [0, 0.1) is 34.4 Å². The number of morpholine rings is 1. The van der Waals surface area contributed by atoms with Crippen LogP contribution in [0.2, 0.25) is 0 Å². The van der Waals surface area contributed by atoms with E-state index in [-0.39, 0.29) is 50.1 Å². The van der Waals surface area contributed by atoms with E-state index in [1.165, 1.54) is 17.0 Å². The second-order valence-corrected chi connectivity index (χ2v) is 22.7. The highest BCUT2D eigenvalue weighted by atomic mass is 32.2. The average molecular weight is 909 g/mol. The lowest BCUT2D eigenvalue weighted by Gasteiger charge is -2.34. The summed E-state index contributed by atoms with van der Waals surface area (Å²) in [7, 11) is -3.99. The highest BCUT2D eigenvalue weighted by molar-refractivity contribution is 7.91. The molecule has 350 valence electrons. The van der Waals surface area contributed by atoms with E-state index >= 15 is 0 Å². The van der Waals surface area contributed by atoms with E-state index in [0.717, 1.165) is 63.7 Å². The molecule has 0 unspecified atom stereocenters. The van der Waals surface area contributed by atoms with Gasteiger partial charge in [0.15, 0.2) is 5.78 Å². The van der Waals surface area contributed by atoms with E-state index in [0.29, 0.717) is 55.7 Å². The number of pyridine rings is 1. The molecule has 3 aliphatic heterocycles. The van der Waals surface area contributed by atoms with Crippen LogP contribution < -0.4 is 14.2 Å². The van der Waals surface area contributed by atoms with E-state index < -0.39 is 79.0 Å². The fourth-order valence-corrected chi connectivity index (χ4v) is 11.2. The number of nitrogens with one attached hydrogen (secondary N) is 1. The van der Waals surface area contributed by atoms with Crippen LogP contribution in [0.1, 0.15) is 110 Å². The van der Waals surface area contributed by atoms with Crippen LogP contribution in [0.25, 0.3) is 10.9 Å². The van der Waals surface area contributed by atoms with Crippen LogP contribution in [-0.4, -0.2) is 116 Å². The average Bonchev–Trinajstić information content (AvgIpc) is 4.21. The number of nitrogens with zero attached hydrogens (tertiary/aromatic N) is 3. The normalized spacial score (nSPS) is 29.9. The molecule has 0 radical (unpaired) electrons. The molecule has 2 bridgehead atoms. The van der Waals surface area contributed by atoms with Gasteiger partial charge in [0.25, 0.3) is 0 Å². The predicted octanol–water partition coefficient (Wildman–Crippen LogP) is 6.07. The topological polar surface area (TPSA) is 171 Å². The van der Waals surface area contributed by atoms with Crippen molar-refractivity contribution in [1.82, 2.24) is 19.5 Å². The molecule has 1 aromatic carbocycles. The molecule has 16 heteroatoms. The SMILES string of the molecule is C=C[C@@H]1C[C@]1(CC(=O)[C@@H]1C[C@@H]2CN1C(=O)[C@H](C(C)(C)C)CC(=O)O[C@@H]1C[C@H]1CCCCCc1c(nc3cc(F)ccc3c1OCCCN1CCOCC1)O2)C(=O)NS(=O)(=O)C1(C)CC1. The summed E-state index contributed by atoms with van der Waals surface area (Å²) in [4.78, 5) is 65.9. The minimum Gasteiger partial charge on any atom is -0.492 e. The fraction of sp³-hybridized carbons (Fsp3) is 0.688. The van der Waals surface area contributed by atoms with Crippen molar-refractivity contribution >= 4 is 44.5 Å². The molecular weight excluding hydrogens is 844 g/mol. The Morgan fingerprint density at radius 1 is 1.09 bits per heavy atom. The number of esters is 1. The first-order valence-electron chi connectivity index (χ1n) is 23.3. The van der Waals surface area contributed by atoms with Gasteiger partial charge in [0, 0.05) is 43.9 Å². The van der Waals surface area contributed by atoms with Gasteiger partial charge in [-0.25, -0.2) is 17.8 Å². The van der Waals surface area contributed by atoms with Crippen molar-refractivity contribution in [2.24, 2.45) is 28.6 Å². The Morgan fingerprint density at radius 2 is 1.86 bits per heavy atom. The number of fused-ring (bicyclic) bond motifs is 5. The number of sulfonamides is 1. The number of hydrogen-bond donors (Lipinski definition) is 1. The smallest absolute Gasteiger partial charge is 0.306 e. The molecule has 2 aromatic rings. The number of hydrogen-bond acceptors (Lipinski definition) is 12. The van der Waals surface area contributed by atoms with Crippen molar-refractivity contribution in [2.45, 2.75) is 134 Å². The van der Waals surface area contributed by atoms with Gasteiger partial charge in [-0.2, -0.15) is 0 Å². The summed E-state index contributed by atoms with van der Waals surface area (Å²) in [6.07, 6.45) is 6.83. The van der Waals surface area contributed by atoms with Crippen molar-refractivity contribution in [2.75, 3.05) is 46.0 Å². The number of ketones is 1. The lowest BCUT2D eigenvalue weighted by atomic mass is 9.77. The summed E-state index contributed by atoms with van der Waals surface area (Å²) in [6.45, 7) is 15.4. The second-order valence-electron chi connectivity index (χ2n) is 20.5. The maximum atomic E-state index is 15.0. The molecule has 3 aliphatic carbocycles. The Kier molecular flexibility index (Phi) is 13.2. The molecule has 7 atom stereocenters. The van der Waals surface area contributed by atoms with E-state index in [1.54, 1.807) is 19.1 Å². The molecule has 8 rings (SSSR count). The zero-order chi connectivity index (χ0) is 45.6. The number of carbonyl (C=O) groups excluding carboxylic acids is 4.